The van der Waals surface area contributed by atoms with E-state index in [4.69, 9.17) is 10.5 Å². The molecule has 1 unspecified atom stereocenters. The molecule has 1 aliphatic heterocycles. The van der Waals surface area contributed by atoms with Gasteiger partial charge in [0.1, 0.15) is 0 Å². The third-order valence-electron chi connectivity index (χ3n) is 2.17. The molecule has 2 nitrogen and oxygen atoms in total. The van der Waals surface area contributed by atoms with Crippen LogP contribution in [0.15, 0.2) is 6.07 Å². The Morgan fingerprint density at radius 3 is 3.33 bits per heavy atom. The first-order valence-corrected chi connectivity index (χ1v) is 5.04. The maximum absolute atomic E-state index is 5.61. The Balaban J connectivity index is 2.36. The van der Waals surface area contributed by atoms with Crippen molar-refractivity contribution in [3.63, 3.8) is 0 Å². The molecule has 66 valence electrons. The molecular formula is C9H13NOS. The fraction of sp³-hybridized carbons (Fsp3) is 0.556. The van der Waals surface area contributed by atoms with Gasteiger partial charge in [0.25, 0.3) is 0 Å². The zero-order valence-electron chi connectivity index (χ0n) is 7.17. The summed E-state index contributed by atoms with van der Waals surface area (Å²) in [5.41, 5.74) is 6.93. The van der Waals surface area contributed by atoms with E-state index in [1.165, 1.54) is 15.3 Å². The van der Waals surface area contributed by atoms with Crippen LogP contribution >= 0.6 is 11.3 Å². The molecule has 0 spiro atoms. The Bertz CT molecular complexity index is 282. The van der Waals surface area contributed by atoms with E-state index < -0.39 is 0 Å². The van der Waals surface area contributed by atoms with Gasteiger partial charge in [0.05, 0.1) is 12.7 Å². The second-order valence-corrected chi connectivity index (χ2v) is 4.42. The van der Waals surface area contributed by atoms with Crippen molar-refractivity contribution in [1.82, 2.24) is 0 Å². The van der Waals surface area contributed by atoms with Crippen LogP contribution in [-0.2, 0) is 11.2 Å². The van der Waals surface area contributed by atoms with Crippen molar-refractivity contribution >= 4 is 11.3 Å². The van der Waals surface area contributed by atoms with Crippen LogP contribution in [0.1, 0.15) is 21.4 Å². The highest BCUT2D eigenvalue weighted by Crippen LogP contribution is 2.32. The van der Waals surface area contributed by atoms with E-state index in [1.54, 1.807) is 0 Å². The first kappa shape index (κ1) is 8.23. The minimum absolute atomic E-state index is 0.152. The molecule has 1 atom stereocenters. The number of fused-ring (bicyclic) bond motifs is 1. The van der Waals surface area contributed by atoms with Crippen molar-refractivity contribution in [1.29, 1.82) is 0 Å². The highest BCUT2D eigenvalue weighted by atomic mass is 32.1. The van der Waals surface area contributed by atoms with Gasteiger partial charge < -0.3 is 10.5 Å². The summed E-state index contributed by atoms with van der Waals surface area (Å²) >= 11 is 1.87. The standard InChI is InChI=1S/C9H13NOS/c1-6-4-7-8(5-10)11-3-2-9(7)12-6/h4,8H,2-3,5,10H2,1H3. The minimum Gasteiger partial charge on any atom is -0.372 e. The average molecular weight is 183 g/mol. The molecule has 0 bridgehead atoms. The Labute approximate surface area is 76.3 Å². The van der Waals surface area contributed by atoms with E-state index in [0.717, 1.165) is 13.0 Å². The fourth-order valence-corrected chi connectivity index (χ4v) is 2.70. The van der Waals surface area contributed by atoms with E-state index in [-0.39, 0.29) is 6.10 Å². The highest BCUT2D eigenvalue weighted by Gasteiger charge is 2.21. The van der Waals surface area contributed by atoms with Crippen LogP contribution in [0.4, 0.5) is 0 Å². The molecule has 2 rings (SSSR count). The van der Waals surface area contributed by atoms with Gasteiger partial charge in [-0.05, 0) is 18.6 Å². The van der Waals surface area contributed by atoms with Crippen molar-refractivity contribution < 1.29 is 4.74 Å². The summed E-state index contributed by atoms with van der Waals surface area (Å²) in [5.74, 6) is 0. The number of hydrogen-bond acceptors (Lipinski definition) is 3. The Kier molecular flexibility index (Phi) is 2.17. The summed E-state index contributed by atoms with van der Waals surface area (Å²) < 4.78 is 5.55. The van der Waals surface area contributed by atoms with Crippen molar-refractivity contribution in [3.8, 4) is 0 Å². The molecule has 0 fully saturated rings. The molecule has 3 heteroatoms. The van der Waals surface area contributed by atoms with Crippen molar-refractivity contribution in [3.05, 3.63) is 21.4 Å². The fourth-order valence-electron chi connectivity index (χ4n) is 1.63. The van der Waals surface area contributed by atoms with Crippen LogP contribution in [0.3, 0.4) is 0 Å². The lowest BCUT2D eigenvalue weighted by Gasteiger charge is -2.21. The van der Waals surface area contributed by atoms with Crippen LogP contribution < -0.4 is 5.73 Å². The van der Waals surface area contributed by atoms with Crippen molar-refractivity contribution in [2.45, 2.75) is 19.4 Å². The number of ether oxygens (including phenoxy) is 1. The molecule has 1 aromatic rings. The summed E-state index contributed by atoms with van der Waals surface area (Å²) in [6.45, 7) is 3.56. The number of thiophene rings is 1. The Morgan fingerprint density at radius 1 is 1.75 bits per heavy atom. The lowest BCUT2D eigenvalue weighted by Crippen LogP contribution is -2.21. The zero-order valence-corrected chi connectivity index (χ0v) is 7.99. The molecule has 2 heterocycles. The Hall–Kier alpha value is -0.380. The molecule has 1 aromatic heterocycles. The van der Waals surface area contributed by atoms with Crippen LogP contribution in [0.5, 0.6) is 0 Å². The largest absolute Gasteiger partial charge is 0.372 e. The number of hydrogen-bond donors (Lipinski definition) is 1. The van der Waals surface area contributed by atoms with E-state index in [0.29, 0.717) is 6.54 Å². The first-order valence-electron chi connectivity index (χ1n) is 4.22. The molecule has 0 saturated heterocycles. The van der Waals surface area contributed by atoms with Gasteiger partial charge in [-0.2, -0.15) is 0 Å². The summed E-state index contributed by atoms with van der Waals surface area (Å²) in [4.78, 5) is 2.83. The molecule has 2 N–H and O–H groups in total. The monoisotopic (exact) mass is 183 g/mol. The van der Waals surface area contributed by atoms with Crippen LogP contribution in [-0.4, -0.2) is 13.2 Å². The second-order valence-electron chi connectivity index (χ2n) is 3.08. The van der Waals surface area contributed by atoms with Gasteiger partial charge in [-0.1, -0.05) is 0 Å². The highest BCUT2D eigenvalue weighted by molar-refractivity contribution is 7.12. The summed E-state index contributed by atoms with van der Waals surface area (Å²) in [6.07, 6.45) is 1.21. The third-order valence-corrected chi connectivity index (χ3v) is 3.30. The summed E-state index contributed by atoms with van der Waals surface area (Å²) in [6, 6.07) is 2.21. The van der Waals surface area contributed by atoms with E-state index in [2.05, 4.69) is 13.0 Å². The SMILES string of the molecule is Cc1cc2c(s1)CCOC2CN. The predicted molar refractivity (Wildman–Crippen MR) is 50.5 cm³/mol. The molecule has 0 aliphatic carbocycles. The topological polar surface area (TPSA) is 35.2 Å². The van der Waals surface area contributed by atoms with Gasteiger partial charge in [-0.3, -0.25) is 0 Å². The summed E-state index contributed by atoms with van der Waals surface area (Å²) in [5, 5.41) is 0. The molecule has 0 aromatic carbocycles. The number of rotatable bonds is 1. The average Bonchev–Trinajstić information content (AvgIpc) is 2.44. The molecule has 1 aliphatic rings. The van der Waals surface area contributed by atoms with Gasteiger partial charge in [-0.25, -0.2) is 0 Å². The second kappa shape index (κ2) is 3.17. The number of aryl methyl sites for hydroxylation is 1. The van der Waals surface area contributed by atoms with Gasteiger partial charge in [-0.15, -0.1) is 11.3 Å². The molecule has 12 heavy (non-hydrogen) atoms. The van der Waals surface area contributed by atoms with E-state index >= 15 is 0 Å². The van der Waals surface area contributed by atoms with Gasteiger partial charge in [0.15, 0.2) is 0 Å². The maximum atomic E-state index is 5.61. The maximum Gasteiger partial charge on any atom is 0.0958 e. The summed E-state index contributed by atoms with van der Waals surface area (Å²) in [7, 11) is 0. The molecule has 0 amide bonds. The van der Waals surface area contributed by atoms with Crippen LogP contribution in [0.25, 0.3) is 0 Å². The van der Waals surface area contributed by atoms with Gasteiger partial charge in [0.2, 0.25) is 0 Å². The third kappa shape index (κ3) is 1.28. The van der Waals surface area contributed by atoms with Crippen molar-refractivity contribution in [2.75, 3.05) is 13.2 Å². The zero-order chi connectivity index (χ0) is 8.55. The first-order chi connectivity index (χ1) is 5.81. The number of nitrogens with two attached hydrogens (primary N) is 1. The minimum atomic E-state index is 0.152. The van der Waals surface area contributed by atoms with Crippen LogP contribution in [0, 0.1) is 6.92 Å². The van der Waals surface area contributed by atoms with Gasteiger partial charge >= 0.3 is 0 Å². The molecule has 0 radical (unpaired) electrons. The van der Waals surface area contributed by atoms with E-state index in [9.17, 15) is 0 Å². The molecule has 0 saturated carbocycles. The van der Waals surface area contributed by atoms with Crippen LogP contribution in [0.2, 0.25) is 0 Å². The lowest BCUT2D eigenvalue weighted by molar-refractivity contribution is 0.0498. The van der Waals surface area contributed by atoms with Crippen molar-refractivity contribution in [2.24, 2.45) is 5.73 Å². The van der Waals surface area contributed by atoms with E-state index in [1.807, 2.05) is 11.3 Å². The smallest absolute Gasteiger partial charge is 0.0958 e. The lowest BCUT2D eigenvalue weighted by atomic mass is 10.1. The van der Waals surface area contributed by atoms with Gasteiger partial charge in [0, 0.05) is 22.7 Å². The molecular weight excluding hydrogens is 170 g/mol. The quantitative estimate of drug-likeness (QED) is 0.718. The predicted octanol–water partition coefficient (Wildman–Crippen LogP) is 1.63. The Morgan fingerprint density at radius 2 is 2.58 bits per heavy atom. The normalized spacial score (nSPS) is 22.3.